The van der Waals surface area contributed by atoms with E-state index in [4.69, 9.17) is 4.74 Å². The summed E-state index contributed by atoms with van der Waals surface area (Å²) in [5.41, 5.74) is -0.732. The van der Waals surface area contributed by atoms with Crippen molar-refractivity contribution in [1.29, 1.82) is 0 Å². The number of allylic oxidation sites excluding steroid dienone is 1. The number of rotatable bonds is 4. The number of ketones is 1. The quantitative estimate of drug-likeness (QED) is 0.691. The van der Waals surface area contributed by atoms with E-state index in [1.165, 1.54) is 17.3 Å². The lowest BCUT2D eigenvalue weighted by Gasteiger charge is -2.60. The van der Waals surface area contributed by atoms with Gasteiger partial charge in [0, 0.05) is 11.8 Å². The summed E-state index contributed by atoms with van der Waals surface area (Å²) in [5.74, 6) is 0.285. The van der Waals surface area contributed by atoms with Gasteiger partial charge in [0.05, 0.1) is 12.0 Å². The molecule has 7 atom stereocenters. The van der Waals surface area contributed by atoms with Crippen LogP contribution in [-0.2, 0) is 14.3 Å². The van der Waals surface area contributed by atoms with E-state index in [9.17, 15) is 19.8 Å². The van der Waals surface area contributed by atoms with E-state index in [1.54, 1.807) is 0 Å². The zero-order valence-electron chi connectivity index (χ0n) is 17.1. The van der Waals surface area contributed by atoms with Gasteiger partial charge in [0.25, 0.3) is 0 Å². The third-order valence-electron chi connectivity index (χ3n) is 8.79. The average molecular weight is 409 g/mol. The molecular formula is C22H32O5S. The molecule has 0 spiro atoms. The first-order valence-corrected chi connectivity index (χ1v) is 11.9. The van der Waals surface area contributed by atoms with Crippen LogP contribution in [0.2, 0.25) is 0 Å². The molecule has 0 aromatic carbocycles. The molecule has 2 N–H and O–H groups in total. The smallest absolute Gasteiger partial charge is 0.336 e. The molecule has 2 unspecified atom stereocenters. The second-order valence-corrected chi connectivity index (χ2v) is 10.6. The minimum Gasteiger partial charge on any atom is -0.479 e. The molecule has 0 aromatic rings. The van der Waals surface area contributed by atoms with Crippen molar-refractivity contribution >= 4 is 23.5 Å². The Morgan fingerprint density at radius 3 is 2.71 bits per heavy atom. The number of aliphatic hydroxyl groups is 1. The number of carboxylic acid groups (broad SMARTS) is 1. The molecule has 0 aromatic heterocycles. The fourth-order valence-electron chi connectivity index (χ4n) is 7.48. The summed E-state index contributed by atoms with van der Waals surface area (Å²) >= 11 is 1.49. The van der Waals surface area contributed by atoms with E-state index in [0.717, 1.165) is 25.7 Å². The standard InChI is InChI=1S/C22H32O5S/c1-20-8-6-14(23)10-13(20)4-5-15-16-7-9-22(19(25)26,27-12-28-3)21(16,2)11-17(24)18(15)20/h10,15-18,24H,4-9,11-12H2,1-3H3,(H,25,26)/t15-,16-,17?,18-,20-,21-,22?/m0/s1. The second kappa shape index (κ2) is 6.85. The van der Waals surface area contributed by atoms with Gasteiger partial charge in [-0.2, -0.15) is 0 Å². The van der Waals surface area contributed by atoms with E-state index in [2.05, 4.69) is 6.92 Å². The van der Waals surface area contributed by atoms with Crippen molar-refractivity contribution in [2.45, 2.75) is 70.5 Å². The number of aliphatic carboxylic acids is 1. The molecule has 0 amide bonds. The van der Waals surface area contributed by atoms with Crippen molar-refractivity contribution in [3.05, 3.63) is 11.6 Å². The van der Waals surface area contributed by atoms with Gasteiger partial charge in [-0.3, -0.25) is 4.79 Å². The first-order chi connectivity index (χ1) is 13.2. The Morgan fingerprint density at radius 2 is 2.04 bits per heavy atom. The fraction of sp³-hybridized carbons (Fsp3) is 0.818. The number of ether oxygens (including phenoxy) is 1. The lowest BCUT2D eigenvalue weighted by atomic mass is 9.45. The number of hydrogen-bond donors (Lipinski definition) is 2. The van der Waals surface area contributed by atoms with Gasteiger partial charge >= 0.3 is 5.97 Å². The van der Waals surface area contributed by atoms with E-state index < -0.39 is 23.1 Å². The topological polar surface area (TPSA) is 83.8 Å². The minimum absolute atomic E-state index is 0.101. The first kappa shape index (κ1) is 20.4. The number of aliphatic hydroxyl groups excluding tert-OH is 1. The van der Waals surface area contributed by atoms with Gasteiger partial charge in [0.2, 0.25) is 0 Å². The summed E-state index contributed by atoms with van der Waals surface area (Å²) in [6, 6.07) is 0. The van der Waals surface area contributed by atoms with Crippen molar-refractivity contribution in [3.8, 4) is 0 Å². The Balaban J connectivity index is 1.72. The predicted molar refractivity (Wildman–Crippen MR) is 108 cm³/mol. The zero-order chi connectivity index (χ0) is 20.3. The van der Waals surface area contributed by atoms with Crippen molar-refractivity contribution in [1.82, 2.24) is 0 Å². The molecule has 6 heteroatoms. The number of carbonyl (C=O) groups is 2. The van der Waals surface area contributed by atoms with Gasteiger partial charge in [-0.15, -0.1) is 11.8 Å². The zero-order valence-corrected chi connectivity index (χ0v) is 17.9. The Morgan fingerprint density at radius 1 is 1.29 bits per heavy atom. The van der Waals surface area contributed by atoms with Gasteiger partial charge in [-0.05, 0) is 74.0 Å². The molecule has 0 heterocycles. The van der Waals surface area contributed by atoms with Crippen LogP contribution in [0.1, 0.15) is 58.8 Å². The van der Waals surface area contributed by atoms with E-state index in [0.29, 0.717) is 25.2 Å². The van der Waals surface area contributed by atoms with E-state index in [-0.39, 0.29) is 29.0 Å². The molecule has 4 aliphatic carbocycles. The van der Waals surface area contributed by atoms with Gasteiger partial charge in [0.15, 0.2) is 11.4 Å². The Kier molecular flexibility index (Phi) is 4.99. The maximum absolute atomic E-state index is 12.4. The summed E-state index contributed by atoms with van der Waals surface area (Å²) in [6.07, 6.45) is 8.13. The highest BCUT2D eigenvalue weighted by atomic mass is 32.2. The van der Waals surface area contributed by atoms with Gasteiger partial charge in [-0.25, -0.2) is 4.79 Å². The van der Waals surface area contributed by atoms with Crippen molar-refractivity contribution in [3.63, 3.8) is 0 Å². The molecule has 3 saturated carbocycles. The second-order valence-electron chi connectivity index (χ2n) is 9.80. The highest BCUT2D eigenvalue weighted by molar-refractivity contribution is 7.98. The number of fused-ring (bicyclic) bond motifs is 5. The molecule has 4 aliphatic rings. The minimum atomic E-state index is -1.22. The number of hydrogen-bond acceptors (Lipinski definition) is 5. The predicted octanol–water partition coefficient (Wildman–Crippen LogP) is 3.65. The highest BCUT2D eigenvalue weighted by Gasteiger charge is 2.69. The largest absolute Gasteiger partial charge is 0.479 e. The molecule has 3 fully saturated rings. The molecule has 28 heavy (non-hydrogen) atoms. The summed E-state index contributed by atoms with van der Waals surface area (Å²) in [6.45, 7) is 4.26. The van der Waals surface area contributed by atoms with Crippen LogP contribution >= 0.6 is 11.8 Å². The molecule has 0 aliphatic heterocycles. The van der Waals surface area contributed by atoms with Gasteiger partial charge in [0.1, 0.15) is 0 Å². The fourth-order valence-corrected chi connectivity index (χ4v) is 7.80. The van der Waals surface area contributed by atoms with Crippen molar-refractivity contribution < 1.29 is 24.5 Å². The van der Waals surface area contributed by atoms with Crippen molar-refractivity contribution in [2.24, 2.45) is 28.6 Å². The average Bonchev–Trinajstić information content (AvgIpc) is 2.93. The Labute approximate surface area is 171 Å². The van der Waals surface area contributed by atoms with Crippen LogP contribution < -0.4 is 0 Å². The normalized spacial score (nSPS) is 47.7. The number of carbonyl (C=O) groups excluding carboxylic acids is 1. The van der Waals surface area contributed by atoms with Crippen LogP contribution in [-0.4, -0.2) is 45.9 Å². The van der Waals surface area contributed by atoms with Crippen LogP contribution in [0.4, 0.5) is 0 Å². The monoisotopic (exact) mass is 408 g/mol. The summed E-state index contributed by atoms with van der Waals surface area (Å²) < 4.78 is 6.04. The van der Waals surface area contributed by atoms with E-state index >= 15 is 0 Å². The van der Waals surface area contributed by atoms with Gasteiger partial charge in [-0.1, -0.05) is 19.4 Å². The summed E-state index contributed by atoms with van der Waals surface area (Å²) in [7, 11) is 0. The van der Waals surface area contributed by atoms with Crippen LogP contribution in [0.5, 0.6) is 0 Å². The van der Waals surface area contributed by atoms with E-state index in [1.807, 2.05) is 19.3 Å². The molecule has 0 radical (unpaired) electrons. The highest BCUT2D eigenvalue weighted by Crippen LogP contribution is 2.68. The summed E-state index contributed by atoms with van der Waals surface area (Å²) in [5, 5.41) is 21.5. The first-order valence-electron chi connectivity index (χ1n) is 10.5. The Hall–Kier alpha value is -0.850. The third kappa shape index (κ3) is 2.60. The third-order valence-corrected chi connectivity index (χ3v) is 9.14. The lowest BCUT2D eigenvalue weighted by molar-refractivity contribution is -0.203. The molecular weight excluding hydrogens is 376 g/mol. The van der Waals surface area contributed by atoms with Crippen LogP contribution in [0.15, 0.2) is 11.6 Å². The number of thioether (sulfide) groups is 1. The molecule has 4 rings (SSSR count). The van der Waals surface area contributed by atoms with Crippen LogP contribution in [0.3, 0.4) is 0 Å². The maximum atomic E-state index is 12.4. The maximum Gasteiger partial charge on any atom is 0.336 e. The van der Waals surface area contributed by atoms with Crippen LogP contribution in [0.25, 0.3) is 0 Å². The molecule has 5 nitrogen and oxygen atoms in total. The Bertz CT molecular complexity index is 720. The van der Waals surface area contributed by atoms with Gasteiger partial charge < -0.3 is 14.9 Å². The molecule has 0 bridgehead atoms. The lowest BCUT2D eigenvalue weighted by Crippen LogP contribution is -2.62. The number of carboxylic acids is 1. The SMILES string of the molecule is CSCOC1(C(=O)O)CC[C@H]2[C@@H]3CCC4=CC(=O)CC[C@]4(C)[C@@H]3C(O)C[C@@]21C. The molecule has 156 valence electrons. The van der Waals surface area contributed by atoms with Crippen molar-refractivity contribution in [2.75, 3.05) is 12.2 Å². The summed E-state index contributed by atoms with van der Waals surface area (Å²) in [4.78, 5) is 24.4. The van der Waals surface area contributed by atoms with Crippen LogP contribution in [0, 0.1) is 28.6 Å². The molecule has 0 saturated heterocycles.